The molecule has 1 aromatic carbocycles. The van der Waals surface area contributed by atoms with E-state index in [0.29, 0.717) is 0 Å². The minimum Gasteiger partial charge on any atom is -0.356 e. The molecule has 0 spiro atoms. The molecular formula is C17H27IN6S. The molecule has 138 valence electrons. The average Bonchev–Trinajstić information content (AvgIpc) is 3.11. The number of nitrogens with zero attached hydrogens (tertiary/aromatic N) is 4. The number of thioether (sulfide) groups is 1. The van der Waals surface area contributed by atoms with Crippen molar-refractivity contribution in [3.05, 3.63) is 48.0 Å². The Morgan fingerprint density at radius 3 is 2.80 bits per heavy atom. The van der Waals surface area contributed by atoms with Crippen LogP contribution in [0.15, 0.2) is 41.9 Å². The molecule has 0 bridgehead atoms. The molecule has 0 aliphatic carbocycles. The SMILES string of the molecule is CN=C(NCCCCSC)NCc1cccc(Cn2cncn2)c1.I. The Bertz CT molecular complexity index is 617. The van der Waals surface area contributed by atoms with Crippen LogP contribution in [0.5, 0.6) is 0 Å². The van der Waals surface area contributed by atoms with Crippen molar-refractivity contribution in [2.75, 3.05) is 25.6 Å². The first kappa shape index (κ1) is 21.8. The fourth-order valence-corrected chi connectivity index (χ4v) is 2.82. The van der Waals surface area contributed by atoms with Crippen molar-refractivity contribution < 1.29 is 0 Å². The Hall–Kier alpha value is -1.29. The predicted molar refractivity (Wildman–Crippen MR) is 117 cm³/mol. The molecule has 0 unspecified atom stereocenters. The van der Waals surface area contributed by atoms with Gasteiger partial charge in [-0.3, -0.25) is 4.99 Å². The fourth-order valence-electron chi connectivity index (χ4n) is 2.32. The van der Waals surface area contributed by atoms with Crippen LogP contribution in [0.1, 0.15) is 24.0 Å². The van der Waals surface area contributed by atoms with Gasteiger partial charge in [-0.25, -0.2) is 9.67 Å². The van der Waals surface area contributed by atoms with Crippen LogP contribution in [0.4, 0.5) is 0 Å². The number of aromatic nitrogens is 3. The highest BCUT2D eigenvalue weighted by Gasteiger charge is 2.01. The Morgan fingerprint density at radius 2 is 2.08 bits per heavy atom. The maximum atomic E-state index is 4.27. The maximum absolute atomic E-state index is 4.27. The quantitative estimate of drug-likeness (QED) is 0.253. The summed E-state index contributed by atoms with van der Waals surface area (Å²) in [6.45, 7) is 2.43. The summed E-state index contributed by atoms with van der Waals surface area (Å²) >= 11 is 1.89. The van der Waals surface area contributed by atoms with E-state index >= 15 is 0 Å². The summed E-state index contributed by atoms with van der Waals surface area (Å²) in [6, 6.07) is 8.47. The molecule has 1 aromatic heterocycles. The number of halogens is 1. The van der Waals surface area contributed by atoms with Crippen molar-refractivity contribution in [1.29, 1.82) is 0 Å². The first-order valence-electron chi connectivity index (χ1n) is 8.15. The van der Waals surface area contributed by atoms with Gasteiger partial charge in [0.05, 0.1) is 6.54 Å². The zero-order valence-corrected chi connectivity index (χ0v) is 18.0. The number of unbranched alkanes of at least 4 members (excludes halogenated alkanes) is 1. The second-order valence-corrected chi connectivity index (χ2v) is 6.45. The topological polar surface area (TPSA) is 67.1 Å². The Morgan fingerprint density at radius 1 is 1.24 bits per heavy atom. The second-order valence-electron chi connectivity index (χ2n) is 5.47. The summed E-state index contributed by atoms with van der Waals surface area (Å²) in [7, 11) is 1.80. The molecule has 0 aliphatic heterocycles. The first-order valence-corrected chi connectivity index (χ1v) is 9.55. The number of hydrogen-bond acceptors (Lipinski definition) is 4. The summed E-state index contributed by atoms with van der Waals surface area (Å²) in [5.74, 6) is 2.06. The molecule has 0 fully saturated rings. The maximum Gasteiger partial charge on any atom is 0.191 e. The second kappa shape index (κ2) is 13.0. The van der Waals surface area contributed by atoms with Gasteiger partial charge in [0.1, 0.15) is 12.7 Å². The minimum absolute atomic E-state index is 0. The number of hydrogen-bond donors (Lipinski definition) is 2. The lowest BCUT2D eigenvalue weighted by Crippen LogP contribution is -2.37. The monoisotopic (exact) mass is 474 g/mol. The van der Waals surface area contributed by atoms with Crippen LogP contribution in [0.25, 0.3) is 0 Å². The molecule has 2 N–H and O–H groups in total. The normalized spacial score (nSPS) is 11.0. The zero-order valence-electron chi connectivity index (χ0n) is 14.8. The van der Waals surface area contributed by atoms with Crippen LogP contribution in [-0.4, -0.2) is 46.3 Å². The van der Waals surface area contributed by atoms with E-state index in [1.807, 2.05) is 16.4 Å². The van der Waals surface area contributed by atoms with Gasteiger partial charge in [0, 0.05) is 20.1 Å². The highest BCUT2D eigenvalue weighted by Crippen LogP contribution is 2.06. The highest BCUT2D eigenvalue weighted by molar-refractivity contribution is 14.0. The molecule has 0 atom stereocenters. The Kier molecular flexibility index (Phi) is 11.3. The van der Waals surface area contributed by atoms with Gasteiger partial charge >= 0.3 is 0 Å². The van der Waals surface area contributed by atoms with Crippen molar-refractivity contribution in [2.24, 2.45) is 4.99 Å². The van der Waals surface area contributed by atoms with Gasteiger partial charge in [0.25, 0.3) is 0 Å². The lowest BCUT2D eigenvalue weighted by Gasteiger charge is -2.12. The van der Waals surface area contributed by atoms with E-state index in [0.717, 1.165) is 32.0 Å². The van der Waals surface area contributed by atoms with Gasteiger partial charge in [0.15, 0.2) is 5.96 Å². The average molecular weight is 474 g/mol. The van der Waals surface area contributed by atoms with Crippen LogP contribution in [0.2, 0.25) is 0 Å². The molecule has 6 nitrogen and oxygen atoms in total. The summed E-state index contributed by atoms with van der Waals surface area (Å²) in [4.78, 5) is 8.24. The lowest BCUT2D eigenvalue weighted by molar-refractivity contribution is 0.683. The van der Waals surface area contributed by atoms with Gasteiger partial charge < -0.3 is 10.6 Å². The predicted octanol–water partition coefficient (Wildman–Crippen LogP) is 2.75. The van der Waals surface area contributed by atoms with Crippen molar-refractivity contribution in [3.63, 3.8) is 0 Å². The summed E-state index contributed by atoms with van der Waals surface area (Å²) < 4.78 is 1.82. The van der Waals surface area contributed by atoms with E-state index in [1.165, 1.54) is 23.3 Å². The summed E-state index contributed by atoms with van der Waals surface area (Å²) in [5, 5.41) is 10.9. The van der Waals surface area contributed by atoms with Crippen molar-refractivity contribution in [2.45, 2.75) is 25.9 Å². The van der Waals surface area contributed by atoms with Gasteiger partial charge in [0.2, 0.25) is 0 Å². The van der Waals surface area contributed by atoms with Crippen LogP contribution in [-0.2, 0) is 13.1 Å². The van der Waals surface area contributed by atoms with Crippen molar-refractivity contribution in [3.8, 4) is 0 Å². The fraction of sp³-hybridized carbons (Fsp3) is 0.471. The number of benzene rings is 1. The van der Waals surface area contributed by atoms with E-state index < -0.39 is 0 Å². The molecule has 8 heteroatoms. The summed E-state index contributed by atoms with van der Waals surface area (Å²) in [6.07, 6.45) is 7.82. The van der Waals surface area contributed by atoms with Gasteiger partial charge in [-0.05, 0) is 36.0 Å². The number of guanidine groups is 1. The van der Waals surface area contributed by atoms with Crippen molar-refractivity contribution >= 4 is 41.7 Å². The smallest absolute Gasteiger partial charge is 0.191 e. The molecule has 0 radical (unpaired) electrons. The van der Waals surface area contributed by atoms with Crippen molar-refractivity contribution in [1.82, 2.24) is 25.4 Å². The molecule has 2 aromatic rings. The van der Waals surface area contributed by atoms with E-state index in [4.69, 9.17) is 0 Å². The molecule has 0 saturated carbocycles. The molecule has 2 rings (SSSR count). The summed E-state index contributed by atoms with van der Waals surface area (Å²) in [5.41, 5.74) is 2.43. The van der Waals surface area contributed by atoms with Crippen LogP contribution >= 0.6 is 35.7 Å². The van der Waals surface area contributed by atoms with E-state index in [1.54, 1.807) is 19.7 Å². The molecule has 25 heavy (non-hydrogen) atoms. The third-order valence-electron chi connectivity index (χ3n) is 3.55. The van der Waals surface area contributed by atoms with Gasteiger partial charge in [-0.15, -0.1) is 24.0 Å². The standard InChI is InChI=1S/C17H26N6S.HI/c1-18-17(20-8-3-4-9-24-2)21-11-15-6-5-7-16(10-15)12-23-14-19-13-22-23;/h5-7,10,13-14H,3-4,8-9,11-12H2,1-2H3,(H2,18,20,21);1H. The molecule has 0 amide bonds. The lowest BCUT2D eigenvalue weighted by atomic mass is 10.1. The number of aliphatic imine (C=N–C) groups is 1. The van der Waals surface area contributed by atoms with E-state index in [2.05, 4.69) is 56.2 Å². The van der Waals surface area contributed by atoms with Crippen LogP contribution in [0, 0.1) is 0 Å². The zero-order chi connectivity index (χ0) is 17.0. The number of nitrogens with one attached hydrogen (secondary N) is 2. The Balaban J connectivity index is 0.00000312. The van der Waals surface area contributed by atoms with Gasteiger partial charge in [-0.1, -0.05) is 24.3 Å². The third-order valence-corrected chi connectivity index (χ3v) is 4.25. The van der Waals surface area contributed by atoms with E-state index in [9.17, 15) is 0 Å². The van der Waals surface area contributed by atoms with Crippen LogP contribution in [0.3, 0.4) is 0 Å². The van der Waals surface area contributed by atoms with Gasteiger partial charge in [-0.2, -0.15) is 16.9 Å². The molecule has 0 saturated heterocycles. The minimum atomic E-state index is 0. The molecule has 1 heterocycles. The number of rotatable bonds is 9. The van der Waals surface area contributed by atoms with Crippen LogP contribution < -0.4 is 10.6 Å². The van der Waals surface area contributed by atoms with E-state index in [-0.39, 0.29) is 24.0 Å². The molecule has 0 aliphatic rings. The highest BCUT2D eigenvalue weighted by atomic mass is 127. The largest absolute Gasteiger partial charge is 0.356 e. The molecular weight excluding hydrogens is 447 g/mol. The first-order chi connectivity index (χ1) is 11.8. The third kappa shape index (κ3) is 8.57. The Labute approximate surface area is 171 Å².